The number of aromatic amines is 1. The topological polar surface area (TPSA) is 75.1 Å². The van der Waals surface area contributed by atoms with Gasteiger partial charge in [-0.3, -0.25) is 9.89 Å². The van der Waals surface area contributed by atoms with Crippen LogP contribution in [0.4, 0.5) is 10.1 Å². The van der Waals surface area contributed by atoms with Crippen molar-refractivity contribution in [1.82, 2.24) is 19.6 Å². The van der Waals surface area contributed by atoms with Crippen LogP contribution in [-0.4, -0.2) is 19.6 Å². The van der Waals surface area contributed by atoms with Gasteiger partial charge in [-0.1, -0.05) is 23.7 Å². The third-order valence-electron chi connectivity index (χ3n) is 4.44. The molecule has 0 aliphatic carbocycles. The van der Waals surface area contributed by atoms with Crippen LogP contribution in [-0.2, 0) is 13.0 Å². The largest absolute Gasteiger partial charge is 0.378 e. The van der Waals surface area contributed by atoms with E-state index in [2.05, 4.69) is 20.4 Å². The second kappa shape index (κ2) is 7.44. The van der Waals surface area contributed by atoms with Gasteiger partial charge in [0.2, 0.25) is 0 Å². The van der Waals surface area contributed by atoms with Crippen molar-refractivity contribution < 1.29 is 4.39 Å². The average molecular weight is 398 g/mol. The summed E-state index contributed by atoms with van der Waals surface area (Å²) < 4.78 is 14.3. The van der Waals surface area contributed by atoms with E-state index in [0.717, 1.165) is 11.3 Å². The van der Waals surface area contributed by atoms with E-state index in [4.69, 9.17) is 11.6 Å². The Bertz CT molecular complexity index is 1180. The lowest BCUT2D eigenvalue weighted by atomic mass is 10.1. The Hall–Kier alpha value is -3.19. The van der Waals surface area contributed by atoms with Crippen LogP contribution in [0.5, 0.6) is 0 Å². The summed E-state index contributed by atoms with van der Waals surface area (Å²) in [6, 6.07) is 13.4. The maximum Gasteiger partial charge on any atom is 0.277 e. The first-order valence-corrected chi connectivity index (χ1v) is 9.08. The Morgan fingerprint density at radius 3 is 2.54 bits per heavy atom. The first kappa shape index (κ1) is 18.2. The van der Waals surface area contributed by atoms with Gasteiger partial charge in [-0.2, -0.15) is 9.50 Å². The predicted molar refractivity (Wildman–Crippen MR) is 106 cm³/mol. The number of nitrogens with one attached hydrogen (secondary N) is 2. The number of H-pyrrole nitrogens is 1. The summed E-state index contributed by atoms with van der Waals surface area (Å²) in [5.74, 6) is 0.573. The molecule has 6 nitrogen and oxygen atoms in total. The van der Waals surface area contributed by atoms with Crippen LogP contribution in [0.2, 0.25) is 5.02 Å². The van der Waals surface area contributed by atoms with Gasteiger partial charge in [0.1, 0.15) is 11.6 Å². The molecule has 0 amide bonds. The van der Waals surface area contributed by atoms with Crippen molar-refractivity contribution in [3.05, 3.63) is 92.4 Å². The number of aryl methyl sites for hydroxylation is 1. The molecular formula is C20H17ClFN5O. The van der Waals surface area contributed by atoms with Crippen molar-refractivity contribution in [2.75, 3.05) is 5.32 Å². The van der Waals surface area contributed by atoms with Gasteiger partial charge in [-0.05, 0) is 48.9 Å². The fourth-order valence-electron chi connectivity index (χ4n) is 2.94. The lowest BCUT2D eigenvalue weighted by Gasteiger charge is -2.05. The lowest BCUT2D eigenvalue weighted by molar-refractivity contribution is 0.628. The Balaban J connectivity index is 1.60. The lowest BCUT2D eigenvalue weighted by Crippen LogP contribution is -2.22. The number of benzene rings is 2. The zero-order valence-electron chi connectivity index (χ0n) is 15.0. The normalized spacial score (nSPS) is 11.1. The molecule has 4 rings (SSSR count). The third-order valence-corrected chi connectivity index (χ3v) is 4.69. The first-order valence-electron chi connectivity index (χ1n) is 8.70. The van der Waals surface area contributed by atoms with Crippen molar-refractivity contribution in [2.45, 2.75) is 19.9 Å². The summed E-state index contributed by atoms with van der Waals surface area (Å²) in [4.78, 5) is 21.7. The van der Waals surface area contributed by atoms with Gasteiger partial charge >= 0.3 is 0 Å². The molecule has 2 N–H and O–H groups in total. The number of anilines is 1. The second-order valence-corrected chi connectivity index (χ2v) is 6.89. The maximum absolute atomic E-state index is 13.0. The zero-order valence-corrected chi connectivity index (χ0v) is 15.8. The molecule has 0 aliphatic rings. The van der Waals surface area contributed by atoms with Crippen LogP contribution in [0, 0.1) is 12.7 Å². The van der Waals surface area contributed by atoms with E-state index >= 15 is 0 Å². The Kier molecular flexibility index (Phi) is 4.83. The molecule has 2 aromatic carbocycles. The number of rotatable bonds is 5. The molecule has 0 aliphatic heterocycles. The van der Waals surface area contributed by atoms with E-state index in [9.17, 15) is 9.18 Å². The SMILES string of the molecule is Cc1nc2nc(CNc3ccc(F)cc3)[nH]n2c(=O)c1Cc1ccc(Cl)cc1. The number of nitrogens with zero attached hydrogens (tertiary/aromatic N) is 3. The van der Waals surface area contributed by atoms with Crippen LogP contribution in [0.1, 0.15) is 22.6 Å². The van der Waals surface area contributed by atoms with Crippen LogP contribution in [0.3, 0.4) is 0 Å². The molecule has 0 unspecified atom stereocenters. The molecule has 4 aromatic rings. The van der Waals surface area contributed by atoms with Gasteiger partial charge in [0.05, 0.1) is 12.2 Å². The molecule has 0 radical (unpaired) electrons. The summed E-state index contributed by atoms with van der Waals surface area (Å²) in [6.07, 6.45) is 0.458. The minimum Gasteiger partial charge on any atom is -0.378 e. The molecule has 28 heavy (non-hydrogen) atoms. The van der Waals surface area contributed by atoms with Crippen molar-refractivity contribution >= 4 is 23.1 Å². The highest BCUT2D eigenvalue weighted by atomic mass is 35.5. The highest BCUT2D eigenvalue weighted by molar-refractivity contribution is 6.30. The quantitative estimate of drug-likeness (QED) is 0.538. The molecule has 2 aromatic heterocycles. The van der Waals surface area contributed by atoms with Crippen LogP contribution in [0.15, 0.2) is 53.3 Å². The van der Waals surface area contributed by atoms with Crippen molar-refractivity contribution in [2.24, 2.45) is 0 Å². The van der Waals surface area contributed by atoms with Gasteiger partial charge in [0.25, 0.3) is 11.3 Å². The fraction of sp³-hybridized carbons (Fsp3) is 0.150. The Labute approximate surface area is 165 Å². The standard InChI is InChI=1S/C20H17ClFN5O/c1-12-17(10-13-2-4-14(21)5-3-13)19(28)27-20(24-12)25-18(26-27)11-23-16-8-6-15(22)7-9-16/h2-9,23H,10-11H2,1H3,(H,24,25,26). The van der Waals surface area contributed by atoms with Crippen molar-refractivity contribution in [1.29, 1.82) is 0 Å². The zero-order chi connectivity index (χ0) is 19.7. The smallest absolute Gasteiger partial charge is 0.277 e. The van der Waals surface area contributed by atoms with Gasteiger partial charge in [0.15, 0.2) is 0 Å². The third kappa shape index (κ3) is 3.75. The molecule has 0 saturated carbocycles. The summed E-state index contributed by atoms with van der Waals surface area (Å²) in [6.45, 7) is 2.15. The number of hydrogen-bond donors (Lipinski definition) is 2. The van der Waals surface area contributed by atoms with E-state index in [1.807, 2.05) is 12.1 Å². The monoisotopic (exact) mass is 397 g/mol. The number of hydrogen-bond acceptors (Lipinski definition) is 4. The van der Waals surface area contributed by atoms with E-state index in [-0.39, 0.29) is 11.4 Å². The molecule has 0 fully saturated rings. The molecule has 0 spiro atoms. The van der Waals surface area contributed by atoms with Gasteiger partial charge in [-0.25, -0.2) is 9.37 Å². The van der Waals surface area contributed by atoms with E-state index in [1.54, 1.807) is 31.2 Å². The highest BCUT2D eigenvalue weighted by Gasteiger charge is 2.14. The summed E-state index contributed by atoms with van der Waals surface area (Å²) >= 11 is 5.92. The van der Waals surface area contributed by atoms with Crippen molar-refractivity contribution in [3.8, 4) is 0 Å². The van der Waals surface area contributed by atoms with Crippen molar-refractivity contribution in [3.63, 3.8) is 0 Å². The van der Waals surface area contributed by atoms with Crippen LogP contribution in [0.25, 0.3) is 5.78 Å². The average Bonchev–Trinajstić information content (AvgIpc) is 3.09. The number of halogens is 2. The molecular weight excluding hydrogens is 381 g/mol. The van der Waals surface area contributed by atoms with E-state index in [1.165, 1.54) is 16.6 Å². The molecule has 0 atom stereocenters. The van der Waals surface area contributed by atoms with Crippen LogP contribution < -0.4 is 10.9 Å². The highest BCUT2D eigenvalue weighted by Crippen LogP contribution is 2.14. The van der Waals surface area contributed by atoms with Gasteiger partial charge < -0.3 is 5.32 Å². The van der Waals surface area contributed by atoms with E-state index in [0.29, 0.717) is 40.8 Å². The number of aromatic nitrogens is 4. The Morgan fingerprint density at radius 1 is 1.11 bits per heavy atom. The molecule has 142 valence electrons. The molecule has 0 bridgehead atoms. The van der Waals surface area contributed by atoms with E-state index < -0.39 is 0 Å². The summed E-state index contributed by atoms with van der Waals surface area (Å²) in [7, 11) is 0. The Morgan fingerprint density at radius 2 is 1.82 bits per heavy atom. The minimum atomic E-state index is -0.297. The summed E-state index contributed by atoms with van der Waals surface area (Å²) in [5, 5.41) is 6.76. The second-order valence-electron chi connectivity index (χ2n) is 6.45. The predicted octanol–water partition coefficient (Wildman–Crippen LogP) is 3.72. The molecule has 0 saturated heterocycles. The van der Waals surface area contributed by atoms with Gasteiger partial charge in [-0.15, -0.1) is 0 Å². The van der Waals surface area contributed by atoms with Gasteiger partial charge in [0, 0.05) is 22.7 Å². The first-order chi connectivity index (χ1) is 13.5. The summed E-state index contributed by atoms with van der Waals surface area (Å²) in [5.41, 5.74) is 2.79. The minimum absolute atomic E-state index is 0.182. The number of fused-ring (bicyclic) bond motifs is 1. The van der Waals surface area contributed by atoms with Crippen LogP contribution >= 0.6 is 11.6 Å². The maximum atomic E-state index is 13.0. The molecule has 2 heterocycles. The molecule has 8 heteroatoms. The fourth-order valence-corrected chi connectivity index (χ4v) is 3.07.